The van der Waals surface area contributed by atoms with Gasteiger partial charge < -0.3 is 19.8 Å². The van der Waals surface area contributed by atoms with Crippen molar-refractivity contribution in [2.75, 3.05) is 32.5 Å². The van der Waals surface area contributed by atoms with Gasteiger partial charge in [0.1, 0.15) is 5.75 Å². The minimum atomic E-state index is -0.707. The predicted molar refractivity (Wildman–Crippen MR) is 147 cm³/mol. The van der Waals surface area contributed by atoms with E-state index in [0.29, 0.717) is 19.4 Å². The molecule has 0 bridgehead atoms. The largest absolute Gasteiger partial charge is 0.497 e. The number of fused-ring (bicyclic) bond motifs is 1. The fourth-order valence-electron chi connectivity index (χ4n) is 5.39. The van der Waals surface area contributed by atoms with Gasteiger partial charge in [0.05, 0.1) is 24.6 Å². The average Bonchev–Trinajstić information content (AvgIpc) is 3.35. The molecule has 1 saturated heterocycles. The molecule has 2 N–H and O–H groups in total. The molecule has 1 aromatic carbocycles. The number of pyridine rings is 1. The summed E-state index contributed by atoms with van der Waals surface area (Å²) in [6, 6.07) is 7.52. The molecule has 6 nitrogen and oxygen atoms in total. The molecule has 4 rings (SSSR count). The summed E-state index contributed by atoms with van der Waals surface area (Å²) in [5, 5.41) is 22.6. The number of methoxy groups -OCH3 is 1. The van der Waals surface area contributed by atoms with Crippen LogP contribution in [-0.2, 0) is 4.79 Å². The number of benzene rings is 1. The monoisotopic (exact) mass is 544 g/mol. The highest BCUT2D eigenvalue weighted by atomic mass is 35.5. The van der Waals surface area contributed by atoms with E-state index >= 15 is 0 Å². The number of aromatic nitrogens is 1. The Morgan fingerprint density at radius 1 is 1.23 bits per heavy atom. The van der Waals surface area contributed by atoms with Crippen LogP contribution in [0.25, 0.3) is 10.9 Å². The van der Waals surface area contributed by atoms with Gasteiger partial charge in [-0.25, -0.2) is 0 Å². The van der Waals surface area contributed by atoms with Gasteiger partial charge in [0.2, 0.25) is 0 Å². The third-order valence-electron chi connectivity index (χ3n) is 7.37. The maximum Gasteiger partial charge on any atom is 0.308 e. The lowest BCUT2D eigenvalue weighted by molar-refractivity contribution is -0.146. The van der Waals surface area contributed by atoms with Crippen LogP contribution in [0.3, 0.4) is 0 Å². The highest BCUT2D eigenvalue weighted by molar-refractivity contribution is 7.99. The second-order valence-corrected chi connectivity index (χ2v) is 10.9. The number of halogens is 2. The number of rotatable bonds is 10. The number of piperidine rings is 1. The second kappa shape index (κ2) is 14.5. The molecule has 2 heterocycles. The summed E-state index contributed by atoms with van der Waals surface area (Å²) in [5.41, 5.74) is 1.65. The molecule has 1 aromatic heterocycles. The van der Waals surface area contributed by atoms with Crippen LogP contribution in [0.1, 0.15) is 56.6 Å². The molecular weight excluding hydrogens is 507 g/mol. The van der Waals surface area contributed by atoms with Crippen LogP contribution in [0.2, 0.25) is 0 Å². The smallest absolute Gasteiger partial charge is 0.308 e. The van der Waals surface area contributed by atoms with E-state index in [1.807, 2.05) is 24.3 Å². The van der Waals surface area contributed by atoms with Crippen LogP contribution >= 0.6 is 36.6 Å². The van der Waals surface area contributed by atoms with Gasteiger partial charge in [-0.1, -0.05) is 12.8 Å². The number of aliphatic carboxylic acids is 1. The van der Waals surface area contributed by atoms with Crippen molar-refractivity contribution < 1.29 is 19.7 Å². The zero-order chi connectivity index (χ0) is 23.2. The number of thioether (sulfide) groups is 1. The molecule has 1 aliphatic heterocycles. The number of carbonyl (C=O) groups is 1. The molecule has 1 saturated carbocycles. The molecule has 3 atom stereocenters. The van der Waals surface area contributed by atoms with E-state index in [0.717, 1.165) is 52.7 Å². The van der Waals surface area contributed by atoms with Gasteiger partial charge >= 0.3 is 5.97 Å². The minimum absolute atomic E-state index is 0. The molecule has 0 amide bonds. The van der Waals surface area contributed by atoms with Crippen LogP contribution in [-0.4, -0.2) is 63.8 Å². The van der Waals surface area contributed by atoms with Crippen LogP contribution in [0.5, 0.6) is 5.75 Å². The fourth-order valence-corrected chi connectivity index (χ4v) is 6.76. The first-order valence-corrected chi connectivity index (χ1v) is 13.3. The summed E-state index contributed by atoms with van der Waals surface area (Å²) in [4.78, 5) is 18.8. The van der Waals surface area contributed by atoms with Gasteiger partial charge in [-0.3, -0.25) is 9.78 Å². The Kier molecular flexibility index (Phi) is 12.4. The van der Waals surface area contributed by atoms with Gasteiger partial charge in [0.15, 0.2) is 0 Å². The topological polar surface area (TPSA) is 82.9 Å². The van der Waals surface area contributed by atoms with Gasteiger partial charge in [-0.15, -0.1) is 24.8 Å². The van der Waals surface area contributed by atoms with Crippen molar-refractivity contribution in [2.45, 2.75) is 56.3 Å². The Morgan fingerprint density at radius 3 is 2.71 bits per heavy atom. The van der Waals surface area contributed by atoms with Gasteiger partial charge in [-0.05, 0) is 74.4 Å². The number of aliphatic hydroxyl groups is 1. The summed E-state index contributed by atoms with van der Waals surface area (Å²) in [7, 11) is 1.62. The standard InChI is InChI=1S/C26H36N2O4S.2ClH/c1-32-19-7-8-24-22(16-19)21(10-12-27-24)25(29)9-6-18-11-13-28(17-23(18)26(30)31)14-15-33-20-4-2-3-5-20;;/h7-8,10,12,16,18,20,23,25,29H,2-6,9,11,13-15,17H2,1H3,(H,30,31);2*1H/t18-,23+,25+;;/m1../s1. The Hall–Kier alpha value is -1.25. The summed E-state index contributed by atoms with van der Waals surface area (Å²) in [6.07, 6.45) is 8.59. The van der Waals surface area contributed by atoms with Crippen molar-refractivity contribution in [1.82, 2.24) is 9.88 Å². The molecule has 9 heteroatoms. The lowest BCUT2D eigenvalue weighted by Crippen LogP contribution is -2.44. The molecule has 0 radical (unpaired) electrons. The van der Waals surface area contributed by atoms with Crippen LogP contribution in [0.15, 0.2) is 30.5 Å². The summed E-state index contributed by atoms with van der Waals surface area (Å²) in [5.74, 6) is 0.851. The van der Waals surface area contributed by atoms with Crippen LogP contribution in [0.4, 0.5) is 0 Å². The fraction of sp³-hybridized carbons (Fsp3) is 0.615. The minimum Gasteiger partial charge on any atom is -0.497 e. The number of hydrogen-bond acceptors (Lipinski definition) is 6. The van der Waals surface area contributed by atoms with Gasteiger partial charge in [0.25, 0.3) is 0 Å². The lowest BCUT2D eigenvalue weighted by atomic mass is 9.81. The van der Waals surface area contributed by atoms with E-state index in [9.17, 15) is 15.0 Å². The first kappa shape index (κ1) is 30.0. The second-order valence-electron chi connectivity index (χ2n) is 9.45. The Morgan fingerprint density at radius 2 is 2.00 bits per heavy atom. The normalized spacial score (nSPS) is 21.8. The quantitative estimate of drug-likeness (QED) is 0.402. The van der Waals surface area contributed by atoms with Crippen molar-refractivity contribution in [3.63, 3.8) is 0 Å². The number of hydrogen-bond donors (Lipinski definition) is 2. The van der Waals surface area contributed by atoms with E-state index in [1.165, 1.54) is 25.7 Å². The third-order valence-corrected chi connectivity index (χ3v) is 8.73. The third kappa shape index (κ3) is 7.86. The maximum atomic E-state index is 12.0. The van der Waals surface area contributed by atoms with Crippen LogP contribution < -0.4 is 4.74 Å². The molecule has 35 heavy (non-hydrogen) atoms. The van der Waals surface area contributed by atoms with Crippen molar-refractivity contribution in [1.29, 1.82) is 0 Å². The van der Waals surface area contributed by atoms with Crippen molar-refractivity contribution >= 4 is 53.4 Å². The summed E-state index contributed by atoms with van der Waals surface area (Å²) < 4.78 is 5.34. The summed E-state index contributed by atoms with van der Waals surface area (Å²) in [6.45, 7) is 2.55. The van der Waals surface area contributed by atoms with Gasteiger partial charge in [0, 0.05) is 35.7 Å². The van der Waals surface area contributed by atoms with E-state index in [-0.39, 0.29) is 36.6 Å². The number of nitrogens with zero attached hydrogens (tertiary/aromatic N) is 2. The number of ether oxygens (including phenoxy) is 1. The number of likely N-dealkylation sites (tertiary alicyclic amines) is 1. The molecule has 1 aliphatic carbocycles. The number of carboxylic acids is 1. The first-order chi connectivity index (χ1) is 16.0. The van der Waals surface area contributed by atoms with Gasteiger partial charge in [-0.2, -0.15) is 11.8 Å². The molecule has 196 valence electrons. The maximum absolute atomic E-state index is 12.0. The van der Waals surface area contributed by atoms with Crippen molar-refractivity contribution in [2.24, 2.45) is 11.8 Å². The Balaban J connectivity index is 0.00000216. The Labute approximate surface area is 225 Å². The molecular formula is C26H38Cl2N2O4S. The molecule has 2 fully saturated rings. The van der Waals surface area contributed by atoms with E-state index in [4.69, 9.17) is 4.74 Å². The Bertz CT molecular complexity index is 945. The number of aliphatic hydroxyl groups excluding tert-OH is 1. The zero-order valence-corrected chi connectivity index (χ0v) is 22.8. The van der Waals surface area contributed by atoms with Crippen LogP contribution in [0, 0.1) is 11.8 Å². The van der Waals surface area contributed by atoms with E-state index in [2.05, 4.69) is 21.6 Å². The zero-order valence-electron chi connectivity index (χ0n) is 20.3. The van der Waals surface area contributed by atoms with Crippen molar-refractivity contribution in [3.05, 3.63) is 36.0 Å². The molecule has 2 aliphatic rings. The highest BCUT2D eigenvalue weighted by Crippen LogP contribution is 2.34. The number of carboxylic acid groups (broad SMARTS) is 1. The molecule has 2 aromatic rings. The summed E-state index contributed by atoms with van der Waals surface area (Å²) >= 11 is 2.07. The predicted octanol–water partition coefficient (Wildman–Crippen LogP) is 5.60. The first-order valence-electron chi connectivity index (χ1n) is 12.2. The molecule has 0 spiro atoms. The lowest BCUT2D eigenvalue weighted by Gasteiger charge is -2.37. The van der Waals surface area contributed by atoms with E-state index < -0.39 is 12.1 Å². The average molecular weight is 546 g/mol. The van der Waals surface area contributed by atoms with Crippen molar-refractivity contribution in [3.8, 4) is 5.75 Å². The highest BCUT2D eigenvalue weighted by Gasteiger charge is 2.34. The molecule has 0 unspecified atom stereocenters. The van der Waals surface area contributed by atoms with E-state index in [1.54, 1.807) is 13.3 Å². The SMILES string of the molecule is COc1ccc2nccc([C@@H](O)CC[C@@H]3CCN(CCSC4CCCC4)C[C@@H]3C(=O)O)c2c1.Cl.Cl.